The molecule has 0 saturated carbocycles. The first-order valence-electron chi connectivity index (χ1n) is 7.19. The second-order valence-electron chi connectivity index (χ2n) is 5.41. The molecule has 0 N–H and O–H groups in total. The van der Waals surface area contributed by atoms with Gasteiger partial charge in [-0.25, -0.2) is 9.37 Å². The summed E-state index contributed by atoms with van der Waals surface area (Å²) in [5, 5.41) is 12.7. The summed E-state index contributed by atoms with van der Waals surface area (Å²) in [7, 11) is 0. The van der Waals surface area contributed by atoms with Crippen molar-refractivity contribution in [2.24, 2.45) is 0 Å². The van der Waals surface area contributed by atoms with Gasteiger partial charge in [0.05, 0.1) is 5.69 Å². The minimum atomic E-state index is -0.354. The topological polar surface area (TPSA) is 69.6 Å². The number of hydrogen-bond donors (Lipinski definition) is 0. The van der Waals surface area contributed by atoms with E-state index < -0.39 is 0 Å². The lowest BCUT2D eigenvalue weighted by Gasteiger charge is -2.05. The van der Waals surface area contributed by atoms with Crippen LogP contribution in [0.3, 0.4) is 0 Å². The Morgan fingerprint density at radius 3 is 2.67 bits per heavy atom. The molecule has 8 heteroatoms. The number of hydrogen-bond acceptors (Lipinski definition) is 6. The molecular weight excluding hydrogens is 329 g/mol. The van der Waals surface area contributed by atoms with Crippen LogP contribution < -0.4 is 0 Å². The molecule has 0 unspecified atom stereocenters. The number of oxazole rings is 1. The lowest BCUT2D eigenvalue weighted by Crippen LogP contribution is -2.00. The van der Waals surface area contributed by atoms with Crippen LogP contribution in [0.5, 0.6) is 0 Å². The number of halogens is 1. The molecule has 0 aliphatic heterocycles. The molecule has 4 rings (SSSR count). The van der Waals surface area contributed by atoms with Crippen LogP contribution in [0.4, 0.5) is 4.39 Å². The maximum Gasteiger partial charge on any atom is 0.264 e. The molecule has 2 aromatic carbocycles. The Kier molecular flexibility index (Phi) is 3.53. The molecule has 0 aliphatic carbocycles. The van der Waals surface area contributed by atoms with Crippen molar-refractivity contribution in [3.8, 4) is 5.69 Å². The Morgan fingerprint density at radius 2 is 1.88 bits per heavy atom. The molecular formula is C16H12FN5OS. The van der Waals surface area contributed by atoms with E-state index in [1.165, 1.54) is 23.9 Å². The van der Waals surface area contributed by atoms with Crippen molar-refractivity contribution >= 4 is 22.9 Å². The van der Waals surface area contributed by atoms with Gasteiger partial charge in [-0.3, -0.25) is 0 Å². The minimum absolute atomic E-state index is 0.354. The lowest BCUT2D eigenvalue weighted by atomic mass is 10.1. The molecule has 0 spiro atoms. The lowest BCUT2D eigenvalue weighted by molar-refractivity contribution is 0.488. The van der Waals surface area contributed by atoms with Gasteiger partial charge < -0.3 is 4.42 Å². The van der Waals surface area contributed by atoms with E-state index in [-0.39, 0.29) is 5.82 Å². The molecule has 0 saturated heterocycles. The largest absolute Gasteiger partial charge is 0.431 e. The average Bonchev–Trinajstić information content (AvgIpc) is 3.12. The minimum Gasteiger partial charge on any atom is -0.431 e. The third kappa shape index (κ3) is 2.76. The summed E-state index contributed by atoms with van der Waals surface area (Å²) in [5.74, 6) is -0.354. The zero-order chi connectivity index (χ0) is 16.7. The Hall–Kier alpha value is -2.74. The van der Waals surface area contributed by atoms with E-state index in [0.717, 1.165) is 16.8 Å². The van der Waals surface area contributed by atoms with Gasteiger partial charge in [0.1, 0.15) is 11.3 Å². The zero-order valence-electron chi connectivity index (χ0n) is 12.9. The van der Waals surface area contributed by atoms with Gasteiger partial charge in [-0.2, -0.15) is 4.68 Å². The Labute approximate surface area is 140 Å². The highest BCUT2D eigenvalue weighted by Gasteiger charge is 2.15. The van der Waals surface area contributed by atoms with Crippen LogP contribution in [0.25, 0.3) is 16.8 Å². The van der Waals surface area contributed by atoms with Crippen LogP contribution in [-0.4, -0.2) is 25.2 Å². The van der Waals surface area contributed by atoms with Crippen LogP contribution in [0, 0.1) is 19.7 Å². The average molecular weight is 341 g/mol. The van der Waals surface area contributed by atoms with Gasteiger partial charge in [-0.1, -0.05) is 6.07 Å². The first kappa shape index (κ1) is 14.8. The summed E-state index contributed by atoms with van der Waals surface area (Å²) in [6, 6.07) is 10.3. The zero-order valence-corrected chi connectivity index (χ0v) is 13.7. The quantitative estimate of drug-likeness (QED) is 0.566. The van der Waals surface area contributed by atoms with Crippen molar-refractivity contribution in [3.05, 3.63) is 53.3 Å². The highest BCUT2D eigenvalue weighted by Crippen LogP contribution is 2.29. The molecule has 0 amide bonds. The third-order valence-corrected chi connectivity index (χ3v) is 4.19. The van der Waals surface area contributed by atoms with Crippen LogP contribution in [0.1, 0.15) is 11.1 Å². The monoisotopic (exact) mass is 341 g/mol. The second-order valence-corrected chi connectivity index (χ2v) is 6.33. The highest BCUT2D eigenvalue weighted by molar-refractivity contribution is 7.99. The molecule has 4 aromatic rings. The number of fused-ring (bicyclic) bond motifs is 1. The molecule has 120 valence electrons. The summed E-state index contributed by atoms with van der Waals surface area (Å²) < 4.78 is 20.5. The predicted molar refractivity (Wildman–Crippen MR) is 86.7 cm³/mol. The molecule has 24 heavy (non-hydrogen) atoms. The normalized spacial score (nSPS) is 11.3. The van der Waals surface area contributed by atoms with Crippen molar-refractivity contribution in [2.75, 3.05) is 0 Å². The summed E-state index contributed by atoms with van der Waals surface area (Å²) in [6.45, 7) is 4.03. The highest BCUT2D eigenvalue weighted by atomic mass is 32.2. The fourth-order valence-corrected chi connectivity index (χ4v) is 3.22. The number of aromatic nitrogens is 5. The van der Waals surface area contributed by atoms with E-state index in [4.69, 9.17) is 4.42 Å². The van der Waals surface area contributed by atoms with Gasteiger partial charge in [0, 0.05) is 17.8 Å². The summed E-state index contributed by atoms with van der Waals surface area (Å²) in [6.07, 6.45) is 0. The number of benzene rings is 2. The molecule has 0 aliphatic rings. The first-order valence-corrected chi connectivity index (χ1v) is 8.01. The Bertz CT molecular complexity index is 1020. The molecule has 0 radical (unpaired) electrons. The maximum atomic E-state index is 13.3. The SMILES string of the molecule is Cc1cc(C)cc(-n2nnnc2Sc2nc3cc(F)ccc3o2)c1. The third-order valence-electron chi connectivity index (χ3n) is 3.40. The van der Waals surface area contributed by atoms with E-state index in [1.54, 1.807) is 10.7 Å². The van der Waals surface area contributed by atoms with Crippen LogP contribution in [-0.2, 0) is 0 Å². The fraction of sp³-hybridized carbons (Fsp3) is 0.125. The smallest absolute Gasteiger partial charge is 0.264 e. The molecule has 0 bridgehead atoms. The maximum absolute atomic E-state index is 13.3. The standard InChI is InChI=1S/C16H12FN5OS/c1-9-5-10(2)7-12(6-9)22-15(19-20-21-22)24-16-18-13-8-11(17)3-4-14(13)23-16/h3-8H,1-2H3. The van der Waals surface area contributed by atoms with Crippen LogP contribution >= 0.6 is 11.8 Å². The number of aryl methyl sites for hydroxylation is 2. The Balaban J connectivity index is 1.71. The molecule has 2 aromatic heterocycles. The summed E-state index contributed by atoms with van der Waals surface area (Å²) in [4.78, 5) is 4.27. The number of tetrazole rings is 1. The van der Waals surface area contributed by atoms with Crippen LogP contribution in [0.15, 0.2) is 51.2 Å². The van der Waals surface area contributed by atoms with Crippen molar-refractivity contribution in [3.63, 3.8) is 0 Å². The van der Waals surface area contributed by atoms with Gasteiger partial charge in [-0.05, 0) is 59.7 Å². The van der Waals surface area contributed by atoms with Crippen molar-refractivity contribution in [2.45, 2.75) is 24.2 Å². The van der Waals surface area contributed by atoms with E-state index in [0.29, 0.717) is 21.5 Å². The molecule has 6 nitrogen and oxygen atoms in total. The predicted octanol–water partition coefficient (Wildman–Crippen LogP) is 3.71. The fourth-order valence-electron chi connectivity index (χ4n) is 2.48. The van der Waals surface area contributed by atoms with Crippen LogP contribution in [0.2, 0.25) is 0 Å². The van der Waals surface area contributed by atoms with Crippen molar-refractivity contribution in [1.82, 2.24) is 25.2 Å². The summed E-state index contributed by atoms with van der Waals surface area (Å²) in [5.41, 5.74) is 4.08. The van der Waals surface area contributed by atoms with Gasteiger partial charge in [0.15, 0.2) is 5.58 Å². The van der Waals surface area contributed by atoms with Gasteiger partial charge >= 0.3 is 0 Å². The van der Waals surface area contributed by atoms with E-state index in [1.807, 2.05) is 26.0 Å². The van der Waals surface area contributed by atoms with Gasteiger partial charge in [0.25, 0.3) is 5.22 Å². The number of rotatable bonds is 3. The molecule has 0 fully saturated rings. The molecule has 0 atom stereocenters. The van der Waals surface area contributed by atoms with Gasteiger partial charge in [0.2, 0.25) is 5.16 Å². The Morgan fingerprint density at radius 1 is 1.08 bits per heavy atom. The second kappa shape index (κ2) is 5.72. The number of nitrogens with zero attached hydrogens (tertiary/aromatic N) is 5. The van der Waals surface area contributed by atoms with Gasteiger partial charge in [-0.15, -0.1) is 5.10 Å². The first-order chi connectivity index (χ1) is 11.6. The summed E-state index contributed by atoms with van der Waals surface area (Å²) >= 11 is 1.19. The molecule has 2 heterocycles. The van der Waals surface area contributed by atoms with Crippen molar-refractivity contribution in [1.29, 1.82) is 0 Å². The van der Waals surface area contributed by atoms with Crippen molar-refractivity contribution < 1.29 is 8.81 Å². The van der Waals surface area contributed by atoms with E-state index in [9.17, 15) is 4.39 Å². The van der Waals surface area contributed by atoms with E-state index >= 15 is 0 Å². The van der Waals surface area contributed by atoms with E-state index in [2.05, 4.69) is 26.6 Å².